The summed E-state index contributed by atoms with van der Waals surface area (Å²) in [4.78, 5) is 15.7. The highest BCUT2D eigenvalue weighted by Crippen LogP contribution is 2.37. The van der Waals surface area contributed by atoms with Gasteiger partial charge in [-0.05, 0) is 68.5 Å². The highest BCUT2D eigenvalue weighted by atomic mass is 32.2. The Morgan fingerprint density at radius 3 is 2.29 bits per heavy atom. The van der Waals surface area contributed by atoms with Gasteiger partial charge in [0.05, 0.1) is 12.6 Å². The normalized spacial score (nSPS) is 18.7. The molecule has 0 radical (unpaired) electrons. The maximum Gasteiger partial charge on any atom is 0.409 e. The lowest BCUT2D eigenvalue weighted by Crippen LogP contribution is -2.48. The van der Waals surface area contributed by atoms with Crippen LogP contribution in [-0.4, -0.2) is 67.6 Å². The molecule has 2 aliphatic heterocycles. The molecule has 9 heteroatoms. The van der Waals surface area contributed by atoms with Crippen molar-refractivity contribution in [3.8, 4) is 0 Å². The van der Waals surface area contributed by atoms with Crippen molar-refractivity contribution >= 4 is 27.0 Å². The first-order chi connectivity index (χ1) is 16.9. The van der Waals surface area contributed by atoms with E-state index in [0.29, 0.717) is 24.6 Å². The van der Waals surface area contributed by atoms with E-state index >= 15 is 0 Å². The van der Waals surface area contributed by atoms with Gasteiger partial charge in [0.2, 0.25) is 0 Å². The number of methoxy groups -OCH3 is 1. The number of rotatable bonds is 4. The second-order valence-electron chi connectivity index (χ2n) is 9.33. The van der Waals surface area contributed by atoms with Crippen LogP contribution in [0.2, 0.25) is 0 Å². The molecule has 3 heterocycles. The third kappa shape index (κ3) is 4.43. The molecule has 0 saturated carbocycles. The van der Waals surface area contributed by atoms with Crippen molar-refractivity contribution in [1.82, 2.24) is 13.8 Å². The maximum atomic E-state index is 14.4. The predicted octanol–water partition coefficient (Wildman–Crippen LogP) is 4.43. The molecule has 2 aliphatic rings. The Kier molecular flexibility index (Phi) is 6.55. The Labute approximate surface area is 205 Å². The monoisotopic (exact) mass is 499 g/mol. The molecule has 3 aromatic rings. The van der Waals surface area contributed by atoms with E-state index in [9.17, 15) is 17.6 Å². The van der Waals surface area contributed by atoms with Crippen LogP contribution in [0.5, 0.6) is 0 Å². The molecule has 35 heavy (non-hydrogen) atoms. The largest absolute Gasteiger partial charge is 0.453 e. The first kappa shape index (κ1) is 23.8. The van der Waals surface area contributed by atoms with Crippen molar-refractivity contribution < 1.29 is 22.3 Å². The molecular formula is C26H30FN3O4S. The van der Waals surface area contributed by atoms with Crippen molar-refractivity contribution in [2.24, 2.45) is 0 Å². The van der Waals surface area contributed by atoms with Crippen LogP contribution in [0.3, 0.4) is 0 Å². The van der Waals surface area contributed by atoms with Gasteiger partial charge in [-0.1, -0.05) is 30.3 Å². The van der Waals surface area contributed by atoms with Crippen LogP contribution in [0.25, 0.3) is 10.9 Å². The van der Waals surface area contributed by atoms with Gasteiger partial charge in [-0.2, -0.15) is 0 Å². The molecule has 2 fully saturated rings. The summed E-state index contributed by atoms with van der Waals surface area (Å²) in [6, 6.07) is 13.4. The van der Waals surface area contributed by atoms with Crippen molar-refractivity contribution in [3.05, 3.63) is 66.1 Å². The average Bonchev–Trinajstić information content (AvgIpc) is 3.29. The Bertz CT molecular complexity index is 1320. The minimum Gasteiger partial charge on any atom is -0.453 e. The second kappa shape index (κ2) is 9.62. The molecular weight excluding hydrogens is 469 g/mol. The molecule has 1 amide bonds. The summed E-state index contributed by atoms with van der Waals surface area (Å²) in [5.41, 5.74) is 1.57. The Morgan fingerprint density at radius 1 is 0.943 bits per heavy atom. The summed E-state index contributed by atoms with van der Waals surface area (Å²) in [6.45, 7) is 3.26. The van der Waals surface area contributed by atoms with Crippen molar-refractivity contribution in [2.45, 2.75) is 42.5 Å². The molecule has 0 atom stereocenters. The molecule has 5 rings (SSSR count). The standard InChI is InChI=1S/C26H30FN3O4S/c1-34-26(31)29-16-12-20(13-17-29)28-14-10-19(11-15-28)22-18-30(24-8-4-2-6-21(22)24)35(32,33)25-9-5-3-7-23(25)27/h2-9,18-20H,10-17H2,1H3. The fourth-order valence-electron chi connectivity index (χ4n) is 5.58. The predicted molar refractivity (Wildman–Crippen MR) is 131 cm³/mol. The van der Waals surface area contributed by atoms with E-state index in [1.54, 1.807) is 17.2 Å². The number of carbonyl (C=O) groups excluding carboxylic acids is 1. The lowest BCUT2D eigenvalue weighted by molar-refractivity contribution is 0.0734. The van der Waals surface area contributed by atoms with E-state index < -0.39 is 15.8 Å². The third-order valence-electron chi connectivity index (χ3n) is 7.47. The van der Waals surface area contributed by atoms with Crippen molar-refractivity contribution in [3.63, 3.8) is 0 Å². The SMILES string of the molecule is COC(=O)N1CCC(N2CCC(c3cn(S(=O)(=O)c4ccccc4F)c4ccccc34)CC2)CC1. The highest BCUT2D eigenvalue weighted by molar-refractivity contribution is 7.90. The van der Waals surface area contributed by atoms with E-state index in [-0.39, 0.29) is 16.9 Å². The fourth-order valence-corrected chi connectivity index (χ4v) is 7.03. The van der Waals surface area contributed by atoms with Gasteiger partial charge in [0, 0.05) is 30.7 Å². The number of benzene rings is 2. The molecule has 0 spiro atoms. The molecule has 2 aromatic carbocycles. The summed E-state index contributed by atoms with van der Waals surface area (Å²) in [5, 5.41) is 0.900. The summed E-state index contributed by atoms with van der Waals surface area (Å²) in [5.74, 6) is -0.526. The quantitative estimate of drug-likeness (QED) is 0.531. The van der Waals surface area contributed by atoms with Crippen LogP contribution >= 0.6 is 0 Å². The lowest BCUT2D eigenvalue weighted by Gasteiger charge is -2.41. The number of fused-ring (bicyclic) bond motifs is 1. The molecule has 2 saturated heterocycles. The zero-order chi connectivity index (χ0) is 24.6. The van der Waals surface area contributed by atoms with Crippen LogP contribution in [0.4, 0.5) is 9.18 Å². The molecule has 0 aliphatic carbocycles. The number of aromatic nitrogens is 1. The van der Waals surface area contributed by atoms with Gasteiger partial charge < -0.3 is 14.5 Å². The zero-order valence-corrected chi connectivity index (χ0v) is 20.6. The summed E-state index contributed by atoms with van der Waals surface area (Å²) in [7, 11) is -2.65. The fraction of sp³-hybridized carbons (Fsp3) is 0.423. The number of hydrogen-bond acceptors (Lipinski definition) is 5. The minimum atomic E-state index is -4.07. The van der Waals surface area contributed by atoms with E-state index in [1.807, 2.05) is 18.2 Å². The van der Waals surface area contributed by atoms with E-state index in [2.05, 4.69) is 4.90 Å². The lowest BCUT2D eigenvalue weighted by atomic mass is 9.88. The summed E-state index contributed by atoms with van der Waals surface area (Å²) in [6.07, 6.45) is 5.14. The van der Waals surface area contributed by atoms with Crippen molar-refractivity contribution in [1.29, 1.82) is 0 Å². The number of piperidine rings is 2. The van der Waals surface area contributed by atoms with E-state index in [0.717, 1.165) is 49.7 Å². The first-order valence-electron chi connectivity index (χ1n) is 12.1. The molecule has 186 valence electrons. The van der Waals surface area contributed by atoms with Crippen LogP contribution in [0.15, 0.2) is 59.6 Å². The number of halogens is 1. The topological polar surface area (TPSA) is 71.8 Å². The summed E-state index contributed by atoms with van der Waals surface area (Å²) < 4.78 is 47.3. The highest BCUT2D eigenvalue weighted by Gasteiger charge is 2.32. The maximum absolute atomic E-state index is 14.4. The smallest absolute Gasteiger partial charge is 0.409 e. The van der Waals surface area contributed by atoms with Gasteiger partial charge in [-0.25, -0.2) is 21.6 Å². The minimum absolute atomic E-state index is 0.225. The Balaban J connectivity index is 1.35. The van der Waals surface area contributed by atoms with Gasteiger partial charge in [0.1, 0.15) is 10.7 Å². The molecule has 0 bridgehead atoms. The van der Waals surface area contributed by atoms with Crippen LogP contribution in [0.1, 0.15) is 37.2 Å². The number of likely N-dealkylation sites (tertiary alicyclic amines) is 2. The summed E-state index contributed by atoms with van der Waals surface area (Å²) >= 11 is 0. The van der Waals surface area contributed by atoms with Gasteiger partial charge in [-0.15, -0.1) is 0 Å². The van der Waals surface area contributed by atoms with Gasteiger partial charge in [0.25, 0.3) is 10.0 Å². The van der Waals surface area contributed by atoms with Crippen LogP contribution in [0, 0.1) is 5.82 Å². The Hall–Kier alpha value is -2.91. The third-order valence-corrected chi connectivity index (χ3v) is 9.17. The number of amides is 1. The van der Waals surface area contributed by atoms with Gasteiger partial charge >= 0.3 is 6.09 Å². The first-order valence-corrected chi connectivity index (χ1v) is 13.5. The molecule has 1 aromatic heterocycles. The second-order valence-corrected chi connectivity index (χ2v) is 11.1. The van der Waals surface area contributed by atoms with Gasteiger partial charge in [-0.3, -0.25) is 0 Å². The molecule has 0 N–H and O–H groups in total. The number of nitrogens with zero attached hydrogens (tertiary/aromatic N) is 3. The van der Waals surface area contributed by atoms with Crippen LogP contribution < -0.4 is 0 Å². The van der Waals surface area contributed by atoms with Crippen LogP contribution in [-0.2, 0) is 14.8 Å². The average molecular weight is 500 g/mol. The number of para-hydroxylation sites is 1. The molecule has 0 unspecified atom stereocenters. The number of ether oxygens (including phenoxy) is 1. The molecule has 7 nitrogen and oxygen atoms in total. The number of carbonyl (C=O) groups is 1. The van der Waals surface area contributed by atoms with E-state index in [4.69, 9.17) is 4.74 Å². The zero-order valence-electron chi connectivity index (χ0n) is 19.8. The number of hydrogen-bond donors (Lipinski definition) is 0. The van der Waals surface area contributed by atoms with E-state index in [1.165, 1.54) is 35.3 Å². The van der Waals surface area contributed by atoms with Gasteiger partial charge in [0.15, 0.2) is 0 Å². The Morgan fingerprint density at radius 2 is 1.60 bits per heavy atom. The van der Waals surface area contributed by atoms with Crippen molar-refractivity contribution in [2.75, 3.05) is 33.3 Å².